The van der Waals surface area contributed by atoms with E-state index in [9.17, 15) is 19.8 Å². The van der Waals surface area contributed by atoms with Gasteiger partial charge in [-0.3, -0.25) is 9.59 Å². The second kappa shape index (κ2) is 12.9. The molecule has 0 amide bonds. The molecule has 0 atom stereocenters. The molecule has 3 aromatic rings. The average molecular weight is 749 g/mol. The number of allylic oxidation sites excluding steroid dienone is 8. The van der Waals surface area contributed by atoms with Crippen molar-refractivity contribution >= 4 is 69.1 Å². The normalized spacial score (nSPS) is 16.6. The Bertz CT molecular complexity index is 2500. The van der Waals surface area contributed by atoms with Crippen LogP contribution in [0.5, 0.6) is 11.5 Å². The summed E-state index contributed by atoms with van der Waals surface area (Å²) in [5.41, 5.74) is 6.75. The second-order valence-corrected chi connectivity index (χ2v) is 19.3. The van der Waals surface area contributed by atoms with Gasteiger partial charge in [0.25, 0.3) is 0 Å². The molecule has 8 bridgehead atoms. The Kier molecular flexibility index (Phi) is 8.87. The summed E-state index contributed by atoms with van der Waals surface area (Å²) in [5, 5.41) is 25.1. The molecule has 56 heavy (non-hydrogen) atoms. The fourth-order valence-corrected chi connectivity index (χ4v) is 7.56. The molecule has 0 aromatic carbocycles. The lowest BCUT2D eigenvalue weighted by molar-refractivity contribution is -0.114. The van der Waals surface area contributed by atoms with E-state index in [0.29, 0.717) is 67.1 Å². The lowest BCUT2D eigenvalue weighted by Gasteiger charge is -2.31. The zero-order valence-corrected chi connectivity index (χ0v) is 34.5. The Hall–Kier alpha value is -5.76. The van der Waals surface area contributed by atoms with Crippen LogP contribution in [0.1, 0.15) is 106 Å². The van der Waals surface area contributed by atoms with E-state index < -0.39 is 21.7 Å². The van der Waals surface area contributed by atoms with Gasteiger partial charge >= 0.3 is 0 Å². The summed E-state index contributed by atoms with van der Waals surface area (Å²) < 4.78 is 0. The minimum Gasteiger partial charge on any atom is -0.504 e. The molecule has 4 aliphatic rings. The van der Waals surface area contributed by atoms with Crippen LogP contribution in [0.3, 0.4) is 0 Å². The first-order chi connectivity index (χ1) is 25.9. The number of hydrogen-bond acceptors (Lipinski definition) is 6. The fourth-order valence-electron chi connectivity index (χ4n) is 7.56. The van der Waals surface area contributed by atoms with Crippen molar-refractivity contribution in [3.63, 3.8) is 0 Å². The van der Waals surface area contributed by atoms with E-state index in [-0.39, 0.29) is 23.1 Å². The lowest BCUT2D eigenvalue weighted by atomic mass is 9.71. The minimum atomic E-state index is -0.433. The number of hydrogen-bond donors (Lipinski definition) is 4. The maximum absolute atomic E-state index is 13.9. The summed E-state index contributed by atoms with van der Waals surface area (Å²) in [5.74, 6) is -0.0337. The zero-order chi connectivity index (χ0) is 40.9. The maximum atomic E-state index is 13.9. The van der Waals surface area contributed by atoms with Crippen LogP contribution in [0.25, 0.3) is 57.5 Å². The fraction of sp³-hybridized carbons (Fsp3) is 0.333. The Labute approximate surface area is 328 Å². The molecule has 8 nitrogen and oxygen atoms in total. The van der Waals surface area contributed by atoms with Crippen LogP contribution >= 0.6 is 0 Å². The lowest BCUT2D eigenvalue weighted by Crippen LogP contribution is -2.29. The molecule has 288 valence electrons. The minimum absolute atomic E-state index is 0.0212. The van der Waals surface area contributed by atoms with Crippen molar-refractivity contribution in [2.24, 2.45) is 21.7 Å². The molecule has 2 aliphatic heterocycles. The number of H-pyrrole nitrogens is 2. The first kappa shape index (κ1) is 38.5. The molecule has 0 unspecified atom stereocenters. The third-order valence-electron chi connectivity index (χ3n) is 10.7. The highest BCUT2D eigenvalue weighted by Crippen LogP contribution is 2.41. The summed E-state index contributed by atoms with van der Waals surface area (Å²) in [4.78, 5) is 44.6. The highest BCUT2D eigenvalue weighted by Gasteiger charge is 2.36. The van der Waals surface area contributed by atoms with Crippen molar-refractivity contribution in [3.05, 3.63) is 104 Å². The first-order valence-electron chi connectivity index (χ1n) is 19.2. The van der Waals surface area contributed by atoms with Crippen LogP contribution < -0.4 is 10.4 Å². The molecule has 5 heterocycles. The molecule has 0 saturated heterocycles. The first-order valence-corrected chi connectivity index (χ1v) is 19.2. The molecular weight excluding hydrogens is 697 g/mol. The molecule has 0 radical (unpaired) electrons. The van der Waals surface area contributed by atoms with Crippen LogP contribution in [-0.4, -0.2) is 41.7 Å². The average Bonchev–Trinajstić information content (AvgIpc) is 3.92. The van der Waals surface area contributed by atoms with Gasteiger partial charge in [0.15, 0.2) is 23.1 Å². The number of Topliss-reactive ketones (excluding diaryl/α,β-unsaturated/α-hetero) is 2. The predicted octanol–water partition coefficient (Wildman–Crippen LogP) is 9.42. The van der Waals surface area contributed by atoms with Crippen LogP contribution in [0.4, 0.5) is 0 Å². The van der Waals surface area contributed by atoms with Gasteiger partial charge < -0.3 is 20.2 Å². The molecule has 8 heteroatoms. The Balaban J connectivity index is 1.67. The van der Waals surface area contributed by atoms with E-state index in [0.717, 1.165) is 21.6 Å². The molecule has 0 fully saturated rings. The van der Waals surface area contributed by atoms with Crippen molar-refractivity contribution in [2.45, 2.75) is 83.1 Å². The Morgan fingerprint density at radius 1 is 0.429 bits per heavy atom. The van der Waals surface area contributed by atoms with Gasteiger partial charge in [-0.25, -0.2) is 9.97 Å². The highest BCUT2D eigenvalue weighted by atomic mass is 16.3. The molecular formula is C48H52N4O4. The van der Waals surface area contributed by atoms with Gasteiger partial charge in [0.1, 0.15) is 11.4 Å². The third-order valence-corrected chi connectivity index (χ3v) is 10.7. The molecule has 4 N–H and O–H groups in total. The number of aromatic hydroxyl groups is 2. The molecule has 0 spiro atoms. The maximum Gasteiger partial charge on any atom is 0.186 e. The number of carbonyl (C=O) groups excluding carboxylic acids is 2. The third kappa shape index (κ3) is 6.76. The number of rotatable bonds is 0. The van der Waals surface area contributed by atoms with Gasteiger partial charge in [0, 0.05) is 43.8 Å². The van der Waals surface area contributed by atoms with Gasteiger partial charge in [0.2, 0.25) is 0 Å². The van der Waals surface area contributed by atoms with Crippen molar-refractivity contribution in [2.75, 3.05) is 0 Å². The predicted molar refractivity (Wildman–Crippen MR) is 228 cm³/mol. The topological polar surface area (TPSA) is 132 Å². The number of carbonyl (C=O) groups is 2. The summed E-state index contributed by atoms with van der Waals surface area (Å²) in [6, 6.07) is 7.39. The largest absolute Gasteiger partial charge is 0.504 e. The summed E-state index contributed by atoms with van der Waals surface area (Å²) in [6.07, 6.45) is 15.1. The van der Waals surface area contributed by atoms with E-state index in [1.165, 1.54) is 0 Å². The van der Waals surface area contributed by atoms with Crippen molar-refractivity contribution in [1.29, 1.82) is 0 Å². The van der Waals surface area contributed by atoms with Crippen LogP contribution in [-0.2, 0) is 9.59 Å². The van der Waals surface area contributed by atoms with E-state index in [4.69, 9.17) is 9.97 Å². The summed E-state index contributed by atoms with van der Waals surface area (Å²) >= 11 is 0. The van der Waals surface area contributed by atoms with Gasteiger partial charge in [0.05, 0.1) is 22.4 Å². The highest BCUT2D eigenvalue weighted by molar-refractivity contribution is 6.15. The van der Waals surface area contributed by atoms with Crippen molar-refractivity contribution < 1.29 is 19.8 Å². The number of nitrogens with one attached hydrogen (secondary N) is 2. The number of nitrogens with zero attached hydrogens (tertiary/aromatic N) is 2. The smallest absolute Gasteiger partial charge is 0.186 e. The number of aromatic amines is 2. The standard InChI is InChI=1S/C48H52N4O4/c1-45(2,3)27-21-25(22-28(41(27)53)46(4,5)6)39-31-13-17-35(49-31)43(55)37-19-15-33(51-37)40(34-16-20-38(52-34)44(56)36-18-14-32(39)50-36)26-23-29(47(7,8)9)42(54)30(24-26)48(10,11)12/h13-24,49,52,55-56H,1-12H3. The van der Waals surface area contributed by atoms with E-state index >= 15 is 0 Å². The summed E-state index contributed by atoms with van der Waals surface area (Å²) in [6.45, 7) is 24.4. The Morgan fingerprint density at radius 2 is 0.696 bits per heavy atom. The van der Waals surface area contributed by atoms with E-state index in [1.54, 1.807) is 12.2 Å². The quantitative estimate of drug-likeness (QED) is 0.125. The van der Waals surface area contributed by atoms with Gasteiger partial charge in [-0.15, -0.1) is 0 Å². The van der Waals surface area contributed by atoms with E-state index in [1.807, 2.05) is 144 Å². The molecule has 7 rings (SSSR count). The van der Waals surface area contributed by atoms with Gasteiger partial charge in [-0.05, 0) is 106 Å². The monoisotopic (exact) mass is 748 g/mol. The van der Waals surface area contributed by atoms with Gasteiger partial charge in [-0.2, -0.15) is 0 Å². The van der Waals surface area contributed by atoms with Crippen molar-refractivity contribution in [3.8, 4) is 11.5 Å². The molecule has 3 aromatic heterocycles. The number of ketones is 2. The molecule has 0 saturated carbocycles. The number of aromatic nitrogens is 4. The SMILES string of the molecule is CC(C)(C)C1=CC(=c2c3nc(c(O)c4ccc([nH]4)c(=C4C=C(C(C)(C)C)C(=O)C(C(C)(C)C)=C4)c4nc(c(O)c5ccc2[nH]5)C=C4)C=C3)C=C(C(C)(C)C)C1=O. The number of fused-ring (bicyclic) bond motifs is 8. The summed E-state index contributed by atoms with van der Waals surface area (Å²) in [7, 11) is 0. The van der Waals surface area contributed by atoms with Crippen LogP contribution in [0.15, 0.2) is 70.9 Å². The van der Waals surface area contributed by atoms with Crippen LogP contribution in [0.2, 0.25) is 0 Å². The molecule has 2 aliphatic carbocycles. The van der Waals surface area contributed by atoms with Gasteiger partial charge in [-0.1, -0.05) is 83.1 Å². The van der Waals surface area contributed by atoms with Crippen molar-refractivity contribution in [1.82, 2.24) is 19.9 Å². The zero-order valence-electron chi connectivity index (χ0n) is 34.5. The second-order valence-electron chi connectivity index (χ2n) is 19.3. The van der Waals surface area contributed by atoms with E-state index in [2.05, 4.69) is 9.97 Å². The Morgan fingerprint density at radius 3 is 0.982 bits per heavy atom. The van der Waals surface area contributed by atoms with Crippen LogP contribution in [0, 0.1) is 21.7 Å².